The smallest absolute Gasteiger partial charge is 0.280 e. The maximum atomic E-state index is 13.0. The van der Waals surface area contributed by atoms with E-state index in [1.165, 1.54) is 18.2 Å². The number of aromatic amines is 1. The van der Waals surface area contributed by atoms with Crippen LogP contribution in [-0.4, -0.2) is 20.1 Å². The Balaban J connectivity index is 1.95. The Labute approximate surface area is 130 Å². The van der Waals surface area contributed by atoms with Gasteiger partial charge in [-0.3, -0.25) is 15.2 Å². The number of aromatic nitrogens is 3. The van der Waals surface area contributed by atoms with Crippen LogP contribution in [0.25, 0.3) is 11.4 Å². The third-order valence-corrected chi connectivity index (χ3v) is 3.37. The van der Waals surface area contributed by atoms with Gasteiger partial charge in [-0.1, -0.05) is 24.3 Å². The molecular formula is C15H12FN5O2. The first-order valence-corrected chi connectivity index (χ1v) is 6.73. The van der Waals surface area contributed by atoms with Gasteiger partial charge in [-0.05, 0) is 23.8 Å². The van der Waals surface area contributed by atoms with E-state index in [2.05, 4.69) is 15.2 Å². The van der Waals surface area contributed by atoms with Gasteiger partial charge in [0.1, 0.15) is 11.6 Å². The maximum Gasteiger partial charge on any atom is 0.280 e. The van der Waals surface area contributed by atoms with E-state index in [9.17, 15) is 14.5 Å². The third-order valence-electron chi connectivity index (χ3n) is 3.37. The van der Waals surface area contributed by atoms with Crippen LogP contribution in [-0.2, 0) is 0 Å². The van der Waals surface area contributed by atoms with Gasteiger partial charge in [0.2, 0.25) is 0 Å². The Kier molecular flexibility index (Phi) is 3.82. The quantitative estimate of drug-likeness (QED) is 0.568. The Morgan fingerprint density at radius 2 is 1.87 bits per heavy atom. The van der Waals surface area contributed by atoms with E-state index in [0.717, 1.165) is 0 Å². The van der Waals surface area contributed by atoms with Crippen LogP contribution in [0, 0.1) is 15.9 Å². The van der Waals surface area contributed by atoms with Crippen molar-refractivity contribution in [3.63, 3.8) is 0 Å². The van der Waals surface area contributed by atoms with Gasteiger partial charge in [-0.15, -0.1) is 0 Å². The lowest BCUT2D eigenvalue weighted by atomic mass is 10.1. The second-order valence-electron chi connectivity index (χ2n) is 4.85. The molecule has 0 amide bonds. The van der Waals surface area contributed by atoms with Crippen LogP contribution in [0.2, 0.25) is 0 Å². The molecule has 1 aromatic heterocycles. The predicted molar refractivity (Wildman–Crippen MR) is 80.9 cm³/mol. The molecule has 1 atom stereocenters. The number of nitro benzene ring substituents is 1. The number of rotatable bonds is 4. The second kappa shape index (κ2) is 5.93. The SMILES string of the molecule is NC(c1ccc(F)cc1)c1nc(-c2ccccc2[N+](=O)[O-])n[nH]1. The molecule has 7 nitrogen and oxygen atoms in total. The minimum Gasteiger partial charge on any atom is -0.318 e. The fraction of sp³-hybridized carbons (Fsp3) is 0.0667. The van der Waals surface area contributed by atoms with Crippen molar-refractivity contribution in [3.05, 3.63) is 75.9 Å². The molecule has 116 valence electrons. The summed E-state index contributed by atoms with van der Waals surface area (Å²) in [6, 6.07) is 11.2. The molecule has 0 saturated carbocycles. The molecule has 1 unspecified atom stereocenters. The molecule has 0 aliphatic rings. The first-order valence-electron chi connectivity index (χ1n) is 6.73. The van der Waals surface area contributed by atoms with Gasteiger partial charge in [0.15, 0.2) is 5.82 Å². The molecule has 0 aliphatic heterocycles. The van der Waals surface area contributed by atoms with Gasteiger partial charge >= 0.3 is 0 Å². The standard InChI is InChI=1S/C15H12FN5O2/c16-10-7-5-9(6-8-10)13(17)15-18-14(19-20-15)11-3-1-2-4-12(11)21(22)23/h1-8,13H,17H2,(H,18,19,20). The number of benzene rings is 2. The van der Waals surface area contributed by atoms with Gasteiger partial charge in [0.05, 0.1) is 16.5 Å². The normalized spacial score (nSPS) is 12.1. The second-order valence-corrected chi connectivity index (χ2v) is 4.85. The van der Waals surface area contributed by atoms with E-state index < -0.39 is 11.0 Å². The van der Waals surface area contributed by atoms with E-state index in [0.29, 0.717) is 17.0 Å². The molecule has 0 saturated heterocycles. The van der Waals surface area contributed by atoms with E-state index in [-0.39, 0.29) is 17.3 Å². The Morgan fingerprint density at radius 1 is 1.17 bits per heavy atom. The van der Waals surface area contributed by atoms with Gasteiger partial charge < -0.3 is 5.73 Å². The highest BCUT2D eigenvalue weighted by molar-refractivity contribution is 5.67. The zero-order valence-electron chi connectivity index (χ0n) is 11.8. The van der Waals surface area contributed by atoms with E-state index in [1.54, 1.807) is 30.3 Å². The van der Waals surface area contributed by atoms with E-state index >= 15 is 0 Å². The van der Waals surface area contributed by atoms with Crippen LogP contribution in [0.15, 0.2) is 48.5 Å². The first-order chi connectivity index (χ1) is 11.1. The molecular weight excluding hydrogens is 301 g/mol. The summed E-state index contributed by atoms with van der Waals surface area (Å²) in [4.78, 5) is 14.8. The summed E-state index contributed by atoms with van der Waals surface area (Å²) >= 11 is 0. The van der Waals surface area contributed by atoms with E-state index in [1.807, 2.05) is 0 Å². The molecule has 8 heteroatoms. The number of H-pyrrole nitrogens is 1. The minimum absolute atomic E-state index is 0.0894. The molecule has 3 aromatic rings. The summed E-state index contributed by atoms with van der Waals surface area (Å²) in [5.74, 6) is 0.161. The van der Waals surface area contributed by atoms with Gasteiger partial charge in [0.25, 0.3) is 5.69 Å². The Morgan fingerprint density at radius 3 is 2.57 bits per heavy atom. The lowest BCUT2D eigenvalue weighted by molar-refractivity contribution is -0.384. The average Bonchev–Trinajstić information content (AvgIpc) is 3.04. The molecule has 1 heterocycles. The Hall–Kier alpha value is -3.13. The number of nitrogens with two attached hydrogens (primary N) is 1. The number of nitro groups is 1. The van der Waals surface area contributed by atoms with Crippen LogP contribution in [0.3, 0.4) is 0 Å². The number of nitrogens with zero attached hydrogens (tertiary/aromatic N) is 3. The number of hydrogen-bond donors (Lipinski definition) is 2. The molecule has 23 heavy (non-hydrogen) atoms. The lowest BCUT2D eigenvalue weighted by Crippen LogP contribution is -2.13. The highest BCUT2D eigenvalue weighted by Gasteiger charge is 2.20. The Bertz CT molecular complexity index is 847. The van der Waals surface area contributed by atoms with Crippen LogP contribution < -0.4 is 5.73 Å². The lowest BCUT2D eigenvalue weighted by Gasteiger charge is -2.07. The summed E-state index contributed by atoms with van der Waals surface area (Å²) in [7, 11) is 0. The van der Waals surface area contributed by atoms with Crippen molar-refractivity contribution in [1.82, 2.24) is 15.2 Å². The van der Waals surface area contributed by atoms with Gasteiger partial charge in [0, 0.05) is 6.07 Å². The van der Waals surface area contributed by atoms with Crippen molar-refractivity contribution >= 4 is 5.69 Å². The van der Waals surface area contributed by atoms with Crippen molar-refractivity contribution in [3.8, 4) is 11.4 Å². The molecule has 0 fully saturated rings. The first kappa shape index (κ1) is 14.8. The summed E-state index contributed by atoms with van der Waals surface area (Å²) in [5.41, 5.74) is 6.92. The highest BCUT2D eigenvalue weighted by atomic mass is 19.1. The molecule has 2 aromatic carbocycles. The topological polar surface area (TPSA) is 111 Å². The molecule has 3 rings (SSSR count). The van der Waals surface area contributed by atoms with Crippen molar-refractivity contribution in [2.24, 2.45) is 5.73 Å². The van der Waals surface area contributed by atoms with E-state index in [4.69, 9.17) is 5.73 Å². The molecule has 0 aliphatic carbocycles. The summed E-state index contributed by atoms with van der Waals surface area (Å²) < 4.78 is 13.0. The summed E-state index contributed by atoms with van der Waals surface area (Å²) in [5, 5.41) is 17.7. The van der Waals surface area contributed by atoms with Crippen molar-refractivity contribution in [2.45, 2.75) is 6.04 Å². The number of halogens is 1. The number of para-hydroxylation sites is 1. The number of nitrogens with one attached hydrogen (secondary N) is 1. The number of hydrogen-bond acceptors (Lipinski definition) is 5. The minimum atomic E-state index is -0.639. The van der Waals surface area contributed by atoms with Crippen LogP contribution in [0.4, 0.5) is 10.1 Å². The molecule has 0 radical (unpaired) electrons. The fourth-order valence-electron chi connectivity index (χ4n) is 2.18. The monoisotopic (exact) mass is 313 g/mol. The van der Waals surface area contributed by atoms with Crippen molar-refractivity contribution in [2.75, 3.05) is 0 Å². The highest BCUT2D eigenvalue weighted by Crippen LogP contribution is 2.27. The van der Waals surface area contributed by atoms with Crippen LogP contribution >= 0.6 is 0 Å². The molecule has 0 spiro atoms. The summed E-state index contributed by atoms with van der Waals surface area (Å²) in [6.45, 7) is 0. The van der Waals surface area contributed by atoms with Gasteiger partial charge in [-0.25, -0.2) is 9.37 Å². The average molecular weight is 313 g/mol. The third kappa shape index (κ3) is 2.92. The zero-order chi connectivity index (χ0) is 16.4. The largest absolute Gasteiger partial charge is 0.318 e. The maximum absolute atomic E-state index is 13.0. The molecule has 0 bridgehead atoms. The van der Waals surface area contributed by atoms with Gasteiger partial charge in [-0.2, -0.15) is 5.10 Å². The van der Waals surface area contributed by atoms with Crippen LogP contribution in [0.5, 0.6) is 0 Å². The predicted octanol–water partition coefficient (Wildman–Crippen LogP) is 2.57. The van der Waals surface area contributed by atoms with Crippen molar-refractivity contribution < 1.29 is 9.31 Å². The fourth-order valence-corrected chi connectivity index (χ4v) is 2.18. The van der Waals surface area contributed by atoms with Crippen molar-refractivity contribution in [1.29, 1.82) is 0 Å². The summed E-state index contributed by atoms with van der Waals surface area (Å²) in [6.07, 6.45) is 0. The zero-order valence-corrected chi connectivity index (χ0v) is 11.8. The molecule has 3 N–H and O–H groups in total. The van der Waals surface area contributed by atoms with Crippen LogP contribution in [0.1, 0.15) is 17.4 Å².